The van der Waals surface area contributed by atoms with E-state index < -0.39 is 20.7 Å². The van der Waals surface area contributed by atoms with Crippen LogP contribution in [0.25, 0.3) is 0 Å². The van der Waals surface area contributed by atoms with E-state index in [1.54, 1.807) is 6.08 Å². The fraction of sp³-hybridized carbons (Fsp3) is 0.500. The predicted octanol–water partition coefficient (Wildman–Crippen LogP) is 2.74. The van der Waals surface area contributed by atoms with Gasteiger partial charge in [0.25, 0.3) is 0 Å². The van der Waals surface area contributed by atoms with Crippen LogP contribution in [0.3, 0.4) is 0 Å². The largest absolute Gasteiger partial charge is 2.00 e. The molecule has 6 nitrogen and oxygen atoms in total. The molecule has 1 heterocycles. The van der Waals surface area contributed by atoms with Crippen LogP contribution in [0, 0.1) is 48.5 Å². The fourth-order valence-corrected chi connectivity index (χ4v) is 5.03. The van der Waals surface area contributed by atoms with Gasteiger partial charge in [0.2, 0.25) is 0 Å². The maximum Gasteiger partial charge on any atom is 2.00 e. The summed E-state index contributed by atoms with van der Waals surface area (Å²) < 4.78 is 21.4. The van der Waals surface area contributed by atoms with Gasteiger partial charge in [-0.2, -0.15) is 11.6 Å². The summed E-state index contributed by atoms with van der Waals surface area (Å²) in [6.45, 7) is 4.07. The number of likely N-dealkylation sites (N-methyl/N-ethyl adjacent to an activating group) is 1. The second-order valence-corrected chi connectivity index (χ2v) is 9.16. The van der Waals surface area contributed by atoms with E-state index in [1.807, 2.05) is 17.2 Å². The first-order valence-electron chi connectivity index (χ1n) is 9.91. The van der Waals surface area contributed by atoms with Crippen molar-refractivity contribution >= 4 is 36.9 Å². The van der Waals surface area contributed by atoms with Crippen molar-refractivity contribution in [3.63, 3.8) is 0 Å². The number of halogens is 2. The molecule has 168 valence electrons. The summed E-state index contributed by atoms with van der Waals surface area (Å²) in [5.41, 5.74) is 1.33. The van der Waals surface area contributed by atoms with Crippen LogP contribution in [0.2, 0.25) is 0 Å². The normalized spacial score (nSPS) is 22.2. The number of alkyl halides is 1. The summed E-state index contributed by atoms with van der Waals surface area (Å²) in [5.74, 6) is -0.580. The summed E-state index contributed by atoms with van der Waals surface area (Å²) >= 11 is -0.629. The zero-order valence-corrected chi connectivity index (χ0v) is 23.9. The van der Waals surface area contributed by atoms with Gasteiger partial charge < -0.3 is 24.6 Å². The van der Waals surface area contributed by atoms with Crippen LogP contribution < -0.4 is 0 Å². The Morgan fingerprint density at radius 2 is 2.23 bits per heavy atom. The molecule has 0 aromatic rings. The van der Waals surface area contributed by atoms with Gasteiger partial charge in [0.1, 0.15) is 6.10 Å². The number of aliphatic hydroxyl groups excluding tert-OH is 2. The molecule has 31 heavy (non-hydrogen) atoms. The summed E-state index contributed by atoms with van der Waals surface area (Å²) in [5, 5.41) is 26.6. The summed E-state index contributed by atoms with van der Waals surface area (Å²) in [6.07, 6.45) is 10.4. The van der Waals surface area contributed by atoms with Crippen LogP contribution in [0.1, 0.15) is 26.2 Å². The minimum atomic E-state index is -0.629. The van der Waals surface area contributed by atoms with Crippen LogP contribution in [-0.4, -0.2) is 68.3 Å². The van der Waals surface area contributed by atoms with Crippen LogP contribution in [0.4, 0.5) is 4.39 Å². The Labute approximate surface area is 216 Å². The third kappa shape index (κ3) is 9.14. The third-order valence-corrected chi connectivity index (χ3v) is 6.61. The molecular formula is C22H28FIN2O4U. The number of allylic oxidation sites excluding steroid dienone is 6. The topological polar surface area (TPSA) is 93.9 Å². The van der Waals surface area contributed by atoms with Gasteiger partial charge in [-0.3, -0.25) is 5.41 Å². The number of aliphatic hydroxyl groups is 2. The average Bonchev–Trinajstić information content (AvgIpc) is 2.73. The Hall–Kier alpha value is -0.438. The van der Waals surface area contributed by atoms with E-state index in [-0.39, 0.29) is 71.7 Å². The molecule has 0 spiro atoms. The number of carbonyl (C=O) groups excluding carboxylic acids is 1. The van der Waals surface area contributed by atoms with Crippen LogP contribution in [0.5, 0.6) is 0 Å². The van der Waals surface area contributed by atoms with Crippen molar-refractivity contribution in [3.05, 3.63) is 46.9 Å². The molecule has 3 N–H and O–H groups in total. The predicted molar refractivity (Wildman–Crippen MR) is 124 cm³/mol. The zero-order valence-electron chi connectivity index (χ0n) is 17.5. The molecule has 1 unspecified atom stereocenters. The van der Waals surface area contributed by atoms with Gasteiger partial charge in [-0.05, 0) is 19.4 Å². The monoisotopic (exact) mass is 768 g/mol. The maximum absolute atomic E-state index is 13.6. The molecule has 0 saturated carbocycles. The van der Waals surface area contributed by atoms with E-state index in [9.17, 15) is 19.4 Å². The summed E-state index contributed by atoms with van der Waals surface area (Å²) in [4.78, 5) is 13.9. The quantitative estimate of drug-likeness (QED) is 0.130. The number of nitrogens with zero attached hydrogens (tertiary/aromatic N) is 1. The van der Waals surface area contributed by atoms with E-state index in [2.05, 4.69) is 11.0 Å². The van der Waals surface area contributed by atoms with Gasteiger partial charge in [-0.25, -0.2) is 10.5 Å². The van der Waals surface area contributed by atoms with Crippen molar-refractivity contribution in [2.75, 3.05) is 30.9 Å². The molecule has 2 atom stereocenters. The number of hydrogen-bond donors (Lipinski definition) is 3. The van der Waals surface area contributed by atoms with E-state index in [4.69, 9.17) is 10.1 Å². The van der Waals surface area contributed by atoms with Crippen LogP contribution in [-0.2, 0) is 9.53 Å². The van der Waals surface area contributed by atoms with Gasteiger partial charge in [-0.1, -0.05) is 44.2 Å². The second kappa shape index (κ2) is 15.4. The number of ether oxygens (including phenoxy) is 1. The van der Waals surface area contributed by atoms with E-state index in [0.29, 0.717) is 43.5 Å². The Morgan fingerprint density at radius 1 is 1.45 bits per heavy atom. The SMILES string of the molecule is CCN(CCO)CC[C@H]1OC(=N)C=C(C([C-]=O)=CC2=[C-]CCC(F)=C2)C1C=ICO.[U+2]. The molecule has 2 rings (SSSR count). The Morgan fingerprint density at radius 3 is 2.84 bits per heavy atom. The van der Waals surface area contributed by atoms with Crippen molar-refractivity contribution in [1.82, 2.24) is 4.90 Å². The molecule has 0 saturated heterocycles. The second-order valence-electron chi connectivity index (χ2n) is 6.88. The van der Waals surface area contributed by atoms with E-state index >= 15 is 0 Å². The molecule has 1 aliphatic heterocycles. The Kier molecular flexibility index (Phi) is 14.2. The van der Waals surface area contributed by atoms with Crippen molar-refractivity contribution in [2.24, 2.45) is 5.92 Å². The summed E-state index contributed by atoms with van der Waals surface area (Å²) in [6, 6.07) is 0. The first-order chi connectivity index (χ1) is 14.5. The van der Waals surface area contributed by atoms with Crippen LogP contribution >= 0.6 is 20.7 Å². The van der Waals surface area contributed by atoms with Gasteiger partial charge in [0.15, 0.2) is 5.90 Å². The maximum atomic E-state index is 13.6. The molecular weight excluding hydrogens is 740 g/mol. The first kappa shape index (κ1) is 28.6. The van der Waals surface area contributed by atoms with Gasteiger partial charge >= 0.3 is 31.1 Å². The van der Waals surface area contributed by atoms with Crippen molar-refractivity contribution in [3.8, 4) is 0 Å². The molecule has 0 amide bonds. The Bertz CT molecular complexity index is 779. The minimum absolute atomic E-state index is 0. The molecule has 0 aromatic carbocycles. The van der Waals surface area contributed by atoms with Crippen LogP contribution in [0.15, 0.2) is 40.8 Å². The van der Waals surface area contributed by atoms with Gasteiger partial charge in [0, 0.05) is 24.8 Å². The summed E-state index contributed by atoms with van der Waals surface area (Å²) in [7, 11) is 0. The standard InChI is InChI=1S/C22H28FIN2O4.U/c1-2-26(8-9-27)7-6-21-20(13-24-15-29)19(12-22(25)30-21)17(14-28)10-16-4-3-5-18(23)11-16;/h10-13,20-21,25,27,29H,2-3,5-9,15H2,1H3;/q-2;+2/t20?,21-;/m1./s1. The average molecular weight is 768 g/mol. The fourth-order valence-electron chi connectivity index (χ4n) is 3.41. The van der Waals surface area contributed by atoms with Crippen molar-refractivity contribution in [1.29, 1.82) is 5.41 Å². The van der Waals surface area contributed by atoms with Gasteiger partial charge in [-0.15, -0.1) is 17.2 Å². The Balaban J connectivity index is 0.00000480. The minimum Gasteiger partial charge on any atom is -0.476 e. The zero-order chi connectivity index (χ0) is 21.9. The van der Waals surface area contributed by atoms with Crippen molar-refractivity contribution < 1.29 is 55.2 Å². The molecule has 9 heteroatoms. The molecule has 0 radical (unpaired) electrons. The number of hydrogen-bond acceptors (Lipinski definition) is 6. The molecule has 1 aliphatic carbocycles. The first-order valence-corrected chi connectivity index (χ1v) is 12.7. The number of rotatable bonds is 11. The van der Waals surface area contributed by atoms with Gasteiger partial charge in [0.05, 0.1) is 17.5 Å². The van der Waals surface area contributed by atoms with Crippen molar-refractivity contribution in [2.45, 2.75) is 32.3 Å². The van der Waals surface area contributed by atoms with E-state index in [0.717, 1.165) is 6.54 Å². The third-order valence-electron chi connectivity index (χ3n) is 4.94. The number of nitrogens with one attached hydrogen (secondary N) is 1. The van der Waals surface area contributed by atoms with E-state index in [1.165, 1.54) is 12.2 Å². The molecule has 2 aliphatic rings. The molecule has 0 fully saturated rings. The molecule has 0 bridgehead atoms. The molecule has 0 aromatic heterocycles. The smallest absolute Gasteiger partial charge is 0.476 e.